The van der Waals surface area contributed by atoms with Gasteiger partial charge in [-0.3, -0.25) is 14.9 Å². The number of thioether (sulfide) groups is 1. The number of rotatable bonds is 8. The average Bonchev–Trinajstić information content (AvgIpc) is 3.14. The zero-order valence-electron chi connectivity index (χ0n) is 14.3. The third-order valence-electron chi connectivity index (χ3n) is 3.44. The number of halogens is 1. The summed E-state index contributed by atoms with van der Waals surface area (Å²) in [5.74, 6) is -0.533. The molecule has 3 aromatic rings. The molecular weight excluding hydrogens is 389 g/mol. The fourth-order valence-corrected chi connectivity index (χ4v) is 2.75. The molecule has 0 saturated carbocycles. The number of nitro benzene ring substituents is 1. The first kappa shape index (κ1) is 19.3. The van der Waals surface area contributed by atoms with Gasteiger partial charge in [-0.25, -0.2) is 4.39 Å². The van der Waals surface area contributed by atoms with Gasteiger partial charge in [-0.2, -0.15) is 0 Å². The van der Waals surface area contributed by atoms with E-state index in [4.69, 9.17) is 4.42 Å². The van der Waals surface area contributed by atoms with Crippen LogP contribution in [0.25, 0.3) is 0 Å². The number of anilines is 2. The Bertz CT molecular complexity index is 980. The molecule has 0 atom stereocenters. The molecule has 1 amide bonds. The van der Waals surface area contributed by atoms with Gasteiger partial charge in [0.1, 0.15) is 11.5 Å². The van der Waals surface area contributed by atoms with Crippen LogP contribution in [0.1, 0.15) is 5.89 Å². The minimum absolute atomic E-state index is 0.0565. The summed E-state index contributed by atoms with van der Waals surface area (Å²) in [6, 6.07) is 11.7. The fourth-order valence-electron chi connectivity index (χ4n) is 2.17. The third-order valence-corrected chi connectivity index (χ3v) is 4.26. The second-order valence-corrected chi connectivity index (χ2v) is 6.36. The van der Waals surface area contributed by atoms with Crippen molar-refractivity contribution >= 4 is 34.7 Å². The van der Waals surface area contributed by atoms with E-state index in [9.17, 15) is 19.3 Å². The van der Waals surface area contributed by atoms with Gasteiger partial charge in [-0.1, -0.05) is 23.9 Å². The Balaban J connectivity index is 1.49. The fraction of sp³-hybridized carbons (Fsp3) is 0.118. The van der Waals surface area contributed by atoms with Gasteiger partial charge in [0.05, 0.1) is 17.2 Å². The van der Waals surface area contributed by atoms with E-state index in [1.165, 1.54) is 30.3 Å². The molecule has 11 heteroatoms. The first-order valence-electron chi connectivity index (χ1n) is 7.99. The number of benzene rings is 2. The number of nitrogens with zero attached hydrogens (tertiary/aromatic N) is 3. The summed E-state index contributed by atoms with van der Waals surface area (Å²) in [7, 11) is 0. The Labute approximate surface area is 162 Å². The van der Waals surface area contributed by atoms with Crippen molar-refractivity contribution in [1.29, 1.82) is 0 Å². The van der Waals surface area contributed by atoms with Gasteiger partial charge in [0.25, 0.3) is 10.9 Å². The van der Waals surface area contributed by atoms with Gasteiger partial charge in [-0.05, 0) is 30.3 Å². The van der Waals surface area contributed by atoms with Gasteiger partial charge in [-0.15, -0.1) is 10.2 Å². The molecule has 0 unspecified atom stereocenters. The highest BCUT2D eigenvalue weighted by Gasteiger charge is 2.16. The van der Waals surface area contributed by atoms with Crippen LogP contribution in [-0.2, 0) is 11.3 Å². The van der Waals surface area contributed by atoms with E-state index in [0.717, 1.165) is 11.8 Å². The Morgan fingerprint density at radius 3 is 2.68 bits per heavy atom. The van der Waals surface area contributed by atoms with E-state index in [1.54, 1.807) is 18.2 Å². The van der Waals surface area contributed by atoms with E-state index in [1.807, 2.05) is 0 Å². The van der Waals surface area contributed by atoms with Crippen molar-refractivity contribution in [2.75, 3.05) is 16.4 Å². The zero-order chi connectivity index (χ0) is 19.9. The summed E-state index contributed by atoms with van der Waals surface area (Å²) in [5.41, 5.74) is 0.623. The second-order valence-electron chi connectivity index (χ2n) is 5.43. The van der Waals surface area contributed by atoms with Gasteiger partial charge in [0.15, 0.2) is 0 Å². The highest BCUT2D eigenvalue weighted by Crippen LogP contribution is 2.24. The van der Waals surface area contributed by atoms with Crippen molar-refractivity contribution < 1.29 is 18.5 Å². The van der Waals surface area contributed by atoms with Crippen molar-refractivity contribution in [3.8, 4) is 0 Å². The van der Waals surface area contributed by atoms with Crippen molar-refractivity contribution in [2.24, 2.45) is 0 Å². The molecule has 0 aliphatic rings. The number of nitrogens with one attached hydrogen (secondary N) is 2. The molecule has 2 aromatic carbocycles. The Hall–Kier alpha value is -3.47. The predicted molar refractivity (Wildman–Crippen MR) is 100 cm³/mol. The van der Waals surface area contributed by atoms with Crippen LogP contribution < -0.4 is 10.6 Å². The summed E-state index contributed by atoms with van der Waals surface area (Å²) < 4.78 is 18.3. The number of amides is 1. The van der Waals surface area contributed by atoms with Crippen LogP contribution >= 0.6 is 11.8 Å². The number of carbonyl (C=O) groups is 1. The van der Waals surface area contributed by atoms with Gasteiger partial charge < -0.3 is 15.1 Å². The average molecular weight is 403 g/mol. The molecule has 0 fully saturated rings. The van der Waals surface area contributed by atoms with Crippen LogP contribution in [0.3, 0.4) is 0 Å². The van der Waals surface area contributed by atoms with Crippen LogP contribution in [0.4, 0.5) is 21.5 Å². The maximum Gasteiger partial charge on any atom is 0.292 e. The molecule has 0 radical (unpaired) electrons. The molecule has 9 nitrogen and oxygen atoms in total. The molecule has 0 aliphatic heterocycles. The van der Waals surface area contributed by atoms with Crippen molar-refractivity contribution in [3.63, 3.8) is 0 Å². The molecule has 28 heavy (non-hydrogen) atoms. The maximum atomic E-state index is 12.9. The molecule has 0 aliphatic carbocycles. The summed E-state index contributed by atoms with van der Waals surface area (Å²) in [6.07, 6.45) is 0. The van der Waals surface area contributed by atoms with Crippen molar-refractivity contribution in [1.82, 2.24) is 10.2 Å². The quantitative estimate of drug-likeness (QED) is 0.333. The third kappa shape index (κ3) is 5.27. The van der Waals surface area contributed by atoms with Crippen molar-refractivity contribution in [3.05, 3.63) is 70.4 Å². The first-order chi connectivity index (χ1) is 13.5. The summed E-state index contributed by atoms with van der Waals surface area (Å²) >= 11 is 1.01. The van der Waals surface area contributed by atoms with E-state index >= 15 is 0 Å². The molecular formula is C17H14FN5O4S. The standard InChI is InChI=1S/C17H14FN5O4S/c18-11-5-7-12(8-6-11)19-9-16-21-22-17(27-16)28-10-15(24)20-13-3-1-2-4-14(13)23(25)26/h1-8,19H,9-10H2,(H,20,24). The molecule has 1 aromatic heterocycles. The highest BCUT2D eigenvalue weighted by molar-refractivity contribution is 7.99. The normalized spacial score (nSPS) is 10.5. The van der Waals surface area contributed by atoms with Crippen LogP contribution in [-0.4, -0.2) is 26.8 Å². The van der Waals surface area contributed by atoms with Gasteiger partial charge in [0, 0.05) is 11.8 Å². The number of aromatic nitrogens is 2. The molecule has 2 N–H and O–H groups in total. The molecule has 0 saturated heterocycles. The van der Waals surface area contributed by atoms with Gasteiger partial charge >= 0.3 is 0 Å². The largest absolute Gasteiger partial charge is 0.414 e. The van der Waals surface area contributed by atoms with Crippen LogP contribution in [0.15, 0.2) is 58.2 Å². The van der Waals surface area contributed by atoms with Crippen LogP contribution in [0, 0.1) is 15.9 Å². The molecule has 144 valence electrons. The van der Waals surface area contributed by atoms with Gasteiger partial charge in [0.2, 0.25) is 11.8 Å². The SMILES string of the molecule is O=C(CSc1nnc(CNc2ccc(F)cc2)o1)Nc1ccccc1[N+](=O)[O-]. The van der Waals surface area contributed by atoms with E-state index in [0.29, 0.717) is 11.6 Å². The lowest BCUT2D eigenvalue weighted by molar-refractivity contribution is -0.383. The minimum Gasteiger partial charge on any atom is -0.414 e. The topological polar surface area (TPSA) is 123 Å². The molecule has 3 rings (SSSR count). The smallest absolute Gasteiger partial charge is 0.292 e. The highest BCUT2D eigenvalue weighted by atomic mass is 32.2. The monoisotopic (exact) mass is 403 g/mol. The van der Waals surface area contributed by atoms with E-state index < -0.39 is 10.8 Å². The first-order valence-corrected chi connectivity index (χ1v) is 8.98. The predicted octanol–water partition coefficient (Wildman–Crippen LogP) is 3.46. The maximum absolute atomic E-state index is 12.9. The second kappa shape index (κ2) is 8.95. The van der Waals surface area contributed by atoms with Crippen molar-refractivity contribution in [2.45, 2.75) is 11.8 Å². The number of para-hydroxylation sites is 2. The van der Waals surface area contributed by atoms with E-state index in [-0.39, 0.29) is 34.7 Å². The molecule has 0 spiro atoms. The lowest BCUT2D eigenvalue weighted by Gasteiger charge is -2.04. The summed E-state index contributed by atoms with van der Waals surface area (Å²) in [4.78, 5) is 22.4. The Morgan fingerprint density at radius 1 is 1.18 bits per heavy atom. The number of hydrogen-bond donors (Lipinski definition) is 2. The van der Waals surface area contributed by atoms with E-state index in [2.05, 4.69) is 20.8 Å². The number of hydrogen-bond acceptors (Lipinski definition) is 8. The summed E-state index contributed by atoms with van der Waals surface area (Å²) in [5, 5.41) is 24.3. The molecule has 1 heterocycles. The van der Waals surface area contributed by atoms with Crippen LogP contribution in [0.2, 0.25) is 0 Å². The lowest BCUT2D eigenvalue weighted by atomic mass is 10.2. The summed E-state index contributed by atoms with van der Waals surface area (Å²) in [6.45, 7) is 0.238. The lowest BCUT2D eigenvalue weighted by Crippen LogP contribution is -2.15. The zero-order valence-corrected chi connectivity index (χ0v) is 15.1. The minimum atomic E-state index is -0.568. The number of carbonyl (C=O) groups excluding carboxylic acids is 1. The Kier molecular flexibility index (Phi) is 6.17. The number of nitro groups is 1. The molecule has 0 bridgehead atoms. The van der Waals surface area contributed by atoms with Crippen LogP contribution in [0.5, 0.6) is 0 Å². The Morgan fingerprint density at radius 2 is 1.93 bits per heavy atom.